The Kier molecular flexibility index (Phi) is 6.68. The van der Waals surface area contributed by atoms with Crippen molar-refractivity contribution in [2.24, 2.45) is 0 Å². The number of carboxylic acid groups (broad SMARTS) is 1. The third-order valence-corrected chi connectivity index (χ3v) is 3.53. The Labute approximate surface area is 146 Å². The summed E-state index contributed by atoms with van der Waals surface area (Å²) in [6.07, 6.45) is -0.681. The molecule has 0 aliphatic carbocycles. The van der Waals surface area contributed by atoms with Gasteiger partial charge in [-0.15, -0.1) is 0 Å². The van der Waals surface area contributed by atoms with Crippen LogP contribution < -0.4 is 5.32 Å². The van der Waals surface area contributed by atoms with Crippen LogP contribution in [0.4, 0.5) is 5.69 Å². The van der Waals surface area contributed by atoms with Crippen molar-refractivity contribution in [2.45, 2.75) is 26.2 Å². The highest BCUT2D eigenvalue weighted by Gasteiger charge is 2.15. The molecule has 0 heterocycles. The molecule has 0 aliphatic rings. The molecular formula is C19H21NO5. The van der Waals surface area contributed by atoms with E-state index in [0.717, 1.165) is 5.56 Å². The number of carbonyl (C=O) groups excluding carboxylic acids is 1. The lowest BCUT2D eigenvalue weighted by Crippen LogP contribution is -2.27. The first kappa shape index (κ1) is 18.6. The van der Waals surface area contributed by atoms with Crippen LogP contribution >= 0.6 is 0 Å². The summed E-state index contributed by atoms with van der Waals surface area (Å²) in [6.45, 7) is 2.22. The van der Waals surface area contributed by atoms with E-state index in [4.69, 9.17) is 9.47 Å². The van der Waals surface area contributed by atoms with Gasteiger partial charge in [-0.3, -0.25) is 4.79 Å². The quantitative estimate of drug-likeness (QED) is 0.769. The van der Waals surface area contributed by atoms with Gasteiger partial charge in [0.1, 0.15) is 6.10 Å². The first-order chi connectivity index (χ1) is 12.0. The van der Waals surface area contributed by atoms with Crippen LogP contribution in [-0.2, 0) is 27.5 Å². The molecule has 132 valence electrons. The molecule has 2 aromatic rings. The number of rotatable bonds is 8. The number of anilines is 1. The van der Waals surface area contributed by atoms with Crippen molar-refractivity contribution in [3.63, 3.8) is 0 Å². The maximum absolute atomic E-state index is 12.3. The van der Waals surface area contributed by atoms with Crippen molar-refractivity contribution in [3.05, 3.63) is 65.2 Å². The highest BCUT2D eigenvalue weighted by molar-refractivity contribution is 5.96. The summed E-state index contributed by atoms with van der Waals surface area (Å²) < 4.78 is 10.6. The average Bonchev–Trinajstić information content (AvgIpc) is 2.60. The van der Waals surface area contributed by atoms with E-state index in [-0.39, 0.29) is 18.1 Å². The molecule has 2 aromatic carbocycles. The van der Waals surface area contributed by atoms with Gasteiger partial charge < -0.3 is 19.9 Å². The monoisotopic (exact) mass is 343 g/mol. The molecular weight excluding hydrogens is 322 g/mol. The van der Waals surface area contributed by atoms with E-state index in [9.17, 15) is 14.7 Å². The van der Waals surface area contributed by atoms with Gasteiger partial charge in [-0.1, -0.05) is 30.3 Å². The number of nitrogens with one attached hydrogen (secondary N) is 1. The number of aromatic carboxylic acids is 1. The lowest BCUT2D eigenvalue weighted by molar-refractivity contribution is -0.127. The molecule has 2 rings (SSSR count). The van der Waals surface area contributed by atoms with E-state index < -0.39 is 12.1 Å². The molecule has 0 saturated carbocycles. The number of hydrogen-bond donors (Lipinski definition) is 2. The van der Waals surface area contributed by atoms with E-state index in [0.29, 0.717) is 17.9 Å². The summed E-state index contributed by atoms with van der Waals surface area (Å²) >= 11 is 0. The number of ether oxygens (including phenoxy) is 2. The lowest BCUT2D eigenvalue weighted by atomic mass is 10.1. The third-order valence-electron chi connectivity index (χ3n) is 3.53. The summed E-state index contributed by atoms with van der Waals surface area (Å²) in [7, 11) is 1.52. The van der Waals surface area contributed by atoms with Crippen LogP contribution in [0, 0.1) is 0 Å². The number of carboxylic acids is 1. The smallest absolute Gasteiger partial charge is 0.335 e. The molecule has 2 N–H and O–H groups in total. The minimum absolute atomic E-state index is 0.0858. The molecule has 25 heavy (non-hydrogen) atoms. The Bertz CT molecular complexity index is 730. The highest BCUT2D eigenvalue weighted by atomic mass is 16.5. The van der Waals surface area contributed by atoms with Crippen LogP contribution in [0.2, 0.25) is 0 Å². The zero-order chi connectivity index (χ0) is 18.2. The second-order valence-corrected chi connectivity index (χ2v) is 5.58. The first-order valence-electron chi connectivity index (χ1n) is 7.82. The number of benzene rings is 2. The Morgan fingerprint density at radius 3 is 2.44 bits per heavy atom. The van der Waals surface area contributed by atoms with Gasteiger partial charge in [0, 0.05) is 12.8 Å². The zero-order valence-corrected chi connectivity index (χ0v) is 14.2. The molecule has 0 bridgehead atoms. The normalized spacial score (nSPS) is 11.8. The van der Waals surface area contributed by atoms with Gasteiger partial charge in [0.25, 0.3) is 5.91 Å². The number of methoxy groups -OCH3 is 1. The lowest BCUT2D eigenvalue weighted by Gasteiger charge is -2.14. The summed E-state index contributed by atoms with van der Waals surface area (Å²) in [4.78, 5) is 23.5. The van der Waals surface area contributed by atoms with Gasteiger partial charge in [-0.2, -0.15) is 0 Å². The summed E-state index contributed by atoms with van der Waals surface area (Å²) in [5, 5.41) is 11.9. The second-order valence-electron chi connectivity index (χ2n) is 5.58. The molecule has 1 amide bonds. The molecule has 0 radical (unpaired) electrons. The fourth-order valence-electron chi connectivity index (χ4n) is 2.25. The first-order valence-corrected chi connectivity index (χ1v) is 7.82. The maximum Gasteiger partial charge on any atom is 0.335 e. The van der Waals surface area contributed by atoms with Gasteiger partial charge in [0.05, 0.1) is 18.8 Å². The Balaban J connectivity index is 2.02. The topological polar surface area (TPSA) is 84.9 Å². The summed E-state index contributed by atoms with van der Waals surface area (Å²) in [6, 6.07) is 14.1. The van der Waals surface area contributed by atoms with Crippen molar-refractivity contribution < 1.29 is 24.2 Å². The molecule has 0 saturated heterocycles. The van der Waals surface area contributed by atoms with E-state index in [1.165, 1.54) is 19.2 Å². The van der Waals surface area contributed by atoms with Crippen LogP contribution in [0.5, 0.6) is 0 Å². The molecule has 6 nitrogen and oxygen atoms in total. The minimum atomic E-state index is -1.07. The number of hydrogen-bond acceptors (Lipinski definition) is 4. The van der Waals surface area contributed by atoms with Crippen LogP contribution in [0.3, 0.4) is 0 Å². The Hall–Kier alpha value is -2.70. The van der Waals surface area contributed by atoms with Crippen molar-refractivity contribution in [2.75, 3.05) is 12.4 Å². The van der Waals surface area contributed by atoms with E-state index in [1.54, 1.807) is 13.0 Å². The van der Waals surface area contributed by atoms with Crippen LogP contribution in [-0.4, -0.2) is 30.2 Å². The zero-order valence-electron chi connectivity index (χ0n) is 14.2. The summed E-state index contributed by atoms with van der Waals surface area (Å²) in [5.41, 5.74) is 2.11. The number of carbonyl (C=O) groups is 2. The van der Waals surface area contributed by atoms with Crippen molar-refractivity contribution >= 4 is 17.6 Å². The summed E-state index contributed by atoms with van der Waals surface area (Å²) in [5.74, 6) is -1.41. The van der Waals surface area contributed by atoms with Gasteiger partial charge in [0.15, 0.2) is 0 Å². The molecule has 0 aromatic heterocycles. The van der Waals surface area contributed by atoms with Gasteiger partial charge >= 0.3 is 5.97 Å². The SMILES string of the molecule is COCc1cc(NC(=O)C(C)OCc2ccccc2)cc(C(=O)O)c1. The van der Waals surface area contributed by atoms with E-state index in [1.807, 2.05) is 30.3 Å². The molecule has 0 fully saturated rings. The van der Waals surface area contributed by atoms with Gasteiger partial charge in [-0.05, 0) is 36.2 Å². The van der Waals surface area contributed by atoms with E-state index >= 15 is 0 Å². The minimum Gasteiger partial charge on any atom is -0.478 e. The standard InChI is InChI=1S/C19H21NO5/c1-13(25-12-14-6-4-3-5-7-14)18(21)20-17-9-15(11-24-2)8-16(10-17)19(22)23/h3-10,13H,11-12H2,1-2H3,(H,20,21)(H,22,23). The number of amides is 1. The van der Waals surface area contributed by atoms with Crippen molar-refractivity contribution in [1.82, 2.24) is 0 Å². The van der Waals surface area contributed by atoms with Crippen LogP contribution in [0.25, 0.3) is 0 Å². The molecule has 1 atom stereocenters. The van der Waals surface area contributed by atoms with Gasteiger partial charge in [-0.25, -0.2) is 4.79 Å². The highest BCUT2D eigenvalue weighted by Crippen LogP contribution is 2.17. The van der Waals surface area contributed by atoms with Crippen molar-refractivity contribution in [1.29, 1.82) is 0 Å². The fraction of sp³-hybridized carbons (Fsp3) is 0.263. The second kappa shape index (κ2) is 8.96. The predicted octanol–water partition coefficient (Wildman–Crippen LogP) is 3.08. The molecule has 0 spiro atoms. The Morgan fingerprint density at radius 1 is 1.08 bits per heavy atom. The van der Waals surface area contributed by atoms with Crippen LogP contribution in [0.15, 0.2) is 48.5 Å². The molecule has 6 heteroatoms. The fourth-order valence-corrected chi connectivity index (χ4v) is 2.25. The van der Waals surface area contributed by atoms with Crippen LogP contribution in [0.1, 0.15) is 28.4 Å². The van der Waals surface area contributed by atoms with Gasteiger partial charge in [0.2, 0.25) is 0 Å². The molecule has 1 unspecified atom stereocenters. The predicted molar refractivity (Wildman–Crippen MR) is 93.4 cm³/mol. The molecule has 0 aliphatic heterocycles. The third kappa shape index (κ3) is 5.70. The maximum atomic E-state index is 12.3. The van der Waals surface area contributed by atoms with E-state index in [2.05, 4.69) is 5.32 Å². The van der Waals surface area contributed by atoms with Crippen molar-refractivity contribution in [3.8, 4) is 0 Å². The average molecular weight is 343 g/mol. The largest absolute Gasteiger partial charge is 0.478 e. The Morgan fingerprint density at radius 2 is 1.80 bits per heavy atom.